The second-order valence-corrected chi connectivity index (χ2v) is 8.25. The maximum Gasteiger partial charge on any atom is 0.328 e. The topological polar surface area (TPSA) is 240 Å². The van der Waals surface area contributed by atoms with Crippen molar-refractivity contribution in [2.45, 2.75) is 83.1 Å². The van der Waals surface area contributed by atoms with Gasteiger partial charge >= 0.3 is 5.97 Å². The third-order valence-corrected chi connectivity index (χ3v) is 4.91. The first-order valence-electron chi connectivity index (χ1n) is 10.9. The number of carbonyl (C=O) groups is 5. The van der Waals surface area contributed by atoms with E-state index < -0.39 is 59.9 Å². The van der Waals surface area contributed by atoms with Gasteiger partial charge in [0.15, 0.2) is 6.04 Å². The van der Waals surface area contributed by atoms with Crippen molar-refractivity contribution in [3.8, 4) is 0 Å². The van der Waals surface area contributed by atoms with Crippen molar-refractivity contribution < 1.29 is 34.2 Å². The molecular formula is C20H38N6O7. The van der Waals surface area contributed by atoms with Gasteiger partial charge < -0.3 is 43.4 Å². The predicted octanol–water partition coefficient (Wildman–Crippen LogP) is -2.72. The zero-order valence-corrected chi connectivity index (χ0v) is 19.4. The highest BCUT2D eigenvalue weighted by molar-refractivity contribution is 5.94. The quantitative estimate of drug-likeness (QED) is 0.108. The number of aliphatic hydroxyl groups is 1. The lowest BCUT2D eigenvalue weighted by Gasteiger charge is -2.27. The molecule has 0 rings (SSSR count). The highest BCUT2D eigenvalue weighted by Crippen LogP contribution is 2.08. The number of nitrogens with two attached hydrogens (primary N) is 3. The average molecular weight is 475 g/mol. The van der Waals surface area contributed by atoms with Crippen LogP contribution in [0.25, 0.3) is 0 Å². The fourth-order valence-corrected chi connectivity index (χ4v) is 2.89. The molecule has 5 unspecified atom stereocenters. The fraction of sp³-hybridized carbons (Fsp3) is 0.750. The Balaban J connectivity index is 5.39. The van der Waals surface area contributed by atoms with Gasteiger partial charge in [-0.1, -0.05) is 13.8 Å². The molecule has 13 nitrogen and oxygen atoms in total. The van der Waals surface area contributed by atoms with E-state index in [0.717, 1.165) is 0 Å². The molecule has 13 heteroatoms. The number of aliphatic carboxylic acids is 1. The lowest BCUT2D eigenvalue weighted by atomic mass is 10.0. The van der Waals surface area contributed by atoms with Crippen molar-refractivity contribution in [2.75, 3.05) is 6.54 Å². The van der Waals surface area contributed by atoms with Gasteiger partial charge in [0.05, 0.1) is 12.1 Å². The van der Waals surface area contributed by atoms with Crippen LogP contribution in [0.3, 0.4) is 0 Å². The van der Waals surface area contributed by atoms with Crippen molar-refractivity contribution in [1.82, 2.24) is 16.0 Å². The van der Waals surface area contributed by atoms with Crippen LogP contribution >= 0.6 is 0 Å². The monoisotopic (exact) mass is 474 g/mol. The first-order valence-corrected chi connectivity index (χ1v) is 10.9. The molecule has 0 aromatic rings. The molecule has 4 amide bonds. The number of nitrogens with one attached hydrogen (secondary N) is 3. The van der Waals surface area contributed by atoms with Gasteiger partial charge in [-0.25, -0.2) is 4.79 Å². The number of amides is 4. The van der Waals surface area contributed by atoms with E-state index >= 15 is 0 Å². The molecule has 5 atom stereocenters. The lowest BCUT2D eigenvalue weighted by molar-refractivity contribution is -0.145. The number of hydrogen-bond donors (Lipinski definition) is 8. The van der Waals surface area contributed by atoms with Crippen LogP contribution in [0.2, 0.25) is 0 Å². The molecule has 0 saturated carbocycles. The third kappa shape index (κ3) is 11.6. The Hall–Kier alpha value is -2.77. The van der Waals surface area contributed by atoms with E-state index in [4.69, 9.17) is 17.2 Å². The van der Waals surface area contributed by atoms with Crippen molar-refractivity contribution >= 4 is 29.6 Å². The largest absolute Gasteiger partial charge is 0.480 e. The molecule has 0 aliphatic carbocycles. The summed E-state index contributed by atoms with van der Waals surface area (Å²) < 4.78 is 0. The van der Waals surface area contributed by atoms with Crippen molar-refractivity contribution in [1.29, 1.82) is 0 Å². The normalized spacial score (nSPS) is 15.6. The number of carboxylic acid groups (broad SMARTS) is 1. The summed E-state index contributed by atoms with van der Waals surface area (Å²) in [6, 6.07) is -4.78. The third-order valence-electron chi connectivity index (χ3n) is 4.91. The van der Waals surface area contributed by atoms with E-state index in [-0.39, 0.29) is 25.2 Å². The number of rotatable bonds is 16. The van der Waals surface area contributed by atoms with Gasteiger partial charge in [-0.3, -0.25) is 19.2 Å². The standard InChI is InChI=1S/C20H38N6O7/c1-10(2)15(25-17(29)12(22)7-8-14(23)28)19(31)24-13(6-4-5-9-21)18(30)26-16(11(3)27)20(32)33/h10-13,15-16,27H,4-9,21-22H2,1-3H3,(H2,23,28)(H,24,31)(H,25,29)(H,26,30)(H,32,33). The van der Waals surface area contributed by atoms with Crippen molar-refractivity contribution in [3.05, 3.63) is 0 Å². The minimum atomic E-state index is -1.56. The number of hydrogen-bond acceptors (Lipinski definition) is 8. The van der Waals surface area contributed by atoms with Gasteiger partial charge in [-0.15, -0.1) is 0 Å². The Labute approximate surface area is 193 Å². The van der Waals surface area contributed by atoms with E-state index in [1.165, 1.54) is 6.92 Å². The summed E-state index contributed by atoms with van der Waals surface area (Å²) in [5.74, 6) is -4.54. The van der Waals surface area contributed by atoms with Crippen LogP contribution in [0.4, 0.5) is 0 Å². The summed E-state index contributed by atoms with van der Waals surface area (Å²) in [7, 11) is 0. The summed E-state index contributed by atoms with van der Waals surface area (Å²) >= 11 is 0. The SMILES string of the molecule is CC(C)C(NC(=O)C(N)CCC(N)=O)C(=O)NC(CCCCN)C(=O)NC(C(=O)O)C(C)O. The van der Waals surface area contributed by atoms with E-state index in [0.29, 0.717) is 19.4 Å². The van der Waals surface area contributed by atoms with Gasteiger partial charge in [-0.05, 0) is 45.1 Å². The number of carbonyl (C=O) groups excluding carboxylic acids is 4. The highest BCUT2D eigenvalue weighted by Gasteiger charge is 2.32. The molecule has 0 saturated heterocycles. The minimum Gasteiger partial charge on any atom is -0.480 e. The van der Waals surface area contributed by atoms with E-state index in [2.05, 4.69) is 16.0 Å². The zero-order chi connectivity index (χ0) is 25.7. The van der Waals surface area contributed by atoms with Crippen LogP contribution in [0.15, 0.2) is 0 Å². The molecule has 0 fully saturated rings. The number of primary amides is 1. The maximum absolute atomic E-state index is 12.9. The number of unbranched alkanes of at least 4 members (excludes halogenated alkanes) is 1. The van der Waals surface area contributed by atoms with E-state index in [1.807, 2.05) is 0 Å². The second kappa shape index (κ2) is 15.1. The molecule has 33 heavy (non-hydrogen) atoms. The van der Waals surface area contributed by atoms with Crippen molar-refractivity contribution in [3.63, 3.8) is 0 Å². The van der Waals surface area contributed by atoms with Crippen molar-refractivity contribution in [2.24, 2.45) is 23.1 Å². The smallest absolute Gasteiger partial charge is 0.328 e. The first-order chi connectivity index (χ1) is 15.3. The van der Waals surface area contributed by atoms with Gasteiger partial charge in [0.2, 0.25) is 23.6 Å². The number of aliphatic hydroxyl groups excluding tert-OH is 1. The minimum absolute atomic E-state index is 0.00758. The van der Waals surface area contributed by atoms with Crippen LogP contribution in [-0.4, -0.2) is 76.6 Å². The molecule has 0 aromatic carbocycles. The summed E-state index contributed by atoms with van der Waals surface area (Å²) in [5, 5.41) is 26.1. The predicted molar refractivity (Wildman–Crippen MR) is 119 cm³/mol. The molecular weight excluding hydrogens is 436 g/mol. The molecule has 0 heterocycles. The summed E-state index contributed by atoms with van der Waals surface area (Å²) in [6.07, 6.45) is -0.248. The molecule has 0 radical (unpaired) electrons. The first kappa shape index (κ1) is 30.2. The van der Waals surface area contributed by atoms with Gasteiger partial charge in [-0.2, -0.15) is 0 Å². The molecule has 0 aliphatic heterocycles. The maximum atomic E-state index is 12.9. The Bertz CT molecular complexity index is 686. The Morgan fingerprint density at radius 2 is 1.42 bits per heavy atom. The van der Waals surface area contributed by atoms with Crippen LogP contribution < -0.4 is 33.2 Å². The van der Waals surface area contributed by atoms with Gasteiger partial charge in [0.1, 0.15) is 12.1 Å². The number of carboxylic acids is 1. The zero-order valence-electron chi connectivity index (χ0n) is 19.4. The van der Waals surface area contributed by atoms with E-state index in [9.17, 15) is 34.2 Å². The highest BCUT2D eigenvalue weighted by atomic mass is 16.4. The Morgan fingerprint density at radius 3 is 1.88 bits per heavy atom. The molecule has 11 N–H and O–H groups in total. The summed E-state index contributed by atoms with van der Waals surface area (Å²) in [6.45, 7) is 4.93. The average Bonchev–Trinajstić information content (AvgIpc) is 2.71. The fourth-order valence-electron chi connectivity index (χ4n) is 2.89. The summed E-state index contributed by atoms with van der Waals surface area (Å²) in [5.41, 5.74) is 16.3. The Morgan fingerprint density at radius 1 is 0.848 bits per heavy atom. The lowest BCUT2D eigenvalue weighted by Crippen LogP contribution is -2.59. The Kier molecular flexibility index (Phi) is 13.9. The van der Waals surface area contributed by atoms with Crippen LogP contribution in [0.1, 0.15) is 52.9 Å². The van der Waals surface area contributed by atoms with Gasteiger partial charge in [0.25, 0.3) is 0 Å². The van der Waals surface area contributed by atoms with E-state index in [1.54, 1.807) is 13.8 Å². The second-order valence-electron chi connectivity index (χ2n) is 8.25. The molecule has 190 valence electrons. The summed E-state index contributed by atoms with van der Waals surface area (Å²) in [4.78, 5) is 60.1. The molecule has 0 spiro atoms. The molecule has 0 aliphatic rings. The van der Waals surface area contributed by atoms with Crippen LogP contribution in [-0.2, 0) is 24.0 Å². The van der Waals surface area contributed by atoms with Gasteiger partial charge in [0, 0.05) is 6.42 Å². The van der Waals surface area contributed by atoms with Crippen LogP contribution in [0, 0.1) is 5.92 Å². The molecule has 0 bridgehead atoms. The molecule has 0 aromatic heterocycles. The van der Waals surface area contributed by atoms with Crippen LogP contribution in [0.5, 0.6) is 0 Å².